The first-order valence-electron chi connectivity index (χ1n) is 18.6. The maximum absolute atomic E-state index is 12.7. The highest BCUT2D eigenvalue weighted by Crippen LogP contribution is 2.67. The zero-order valence-corrected chi connectivity index (χ0v) is 28.3. The maximum atomic E-state index is 12.7. The molecule has 0 amide bonds. The predicted molar refractivity (Wildman–Crippen MR) is 175 cm³/mol. The summed E-state index contributed by atoms with van der Waals surface area (Å²) in [6.45, 7) is 14.9. The number of unbranched alkanes of at least 4 members (excludes halogenated alkanes) is 8. The van der Waals surface area contributed by atoms with Crippen molar-refractivity contribution in [3.8, 4) is 0 Å². The van der Waals surface area contributed by atoms with Gasteiger partial charge in [0.05, 0.1) is 0 Å². The standard InChI is InChI=1S/C39H68O2/c1-7-8-9-10-11-12-13-14-15-19-37(40)41-32-24-26-38(5)31(28-32)20-21-33-35-23-22-34(30(4)18-16-17-29(2)3)39(35,6)27-25-36(33)38/h20,29-30,32-36H,7-19,21-28H2,1-6H3/t30-,32+,33+,34-,35+,36+,38+,39-/m1/s1/i28+1. The Labute approximate surface area is 255 Å². The van der Waals surface area contributed by atoms with Gasteiger partial charge in [-0.2, -0.15) is 0 Å². The normalized spacial score (nSPS) is 35.4. The average Bonchev–Trinajstić information content (AvgIpc) is 3.29. The van der Waals surface area contributed by atoms with E-state index in [1.165, 1.54) is 109 Å². The summed E-state index contributed by atoms with van der Waals surface area (Å²) in [4.78, 5) is 12.7. The zero-order chi connectivity index (χ0) is 29.5. The summed E-state index contributed by atoms with van der Waals surface area (Å²) in [5.74, 6) is 5.34. The molecule has 0 radical (unpaired) electrons. The molecule has 2 heteroatoms. The minimum Gasteiger partial charge on any atom is -0.462 e. The van der Waals surface area contributed by atoms with Crippen LogP contribution in [0.15, 0.2) is 11.6 Å². The number of esters is 1. The summed E-state index contributed by atoms with van der Waals surface area (Å²) in [5, 5.41) is 0. The minimum atomic E-state index is 0.0591. The fourth-order valence-corrected chi connectivity index (χ4v) is 10.6. The number of hydrogen-bond donors (Lipinski definition) is 0. The Morgan fingerprint density at radius 1 is 0.854 bits per heavy atom. The van der Waals surface area contributed by atoms with Crippen LogP contribution in [0.1, 0.15) is 176 Å². The Kier molecular flexibility index (Phi) is 12.3. The first kappa shape index (κ1) is 33.1. The molecule has 0 N–H and O–H groups in total. The minimum absolute atomic E-state index is 0.0591. The van der Waals surface area contributed by atoms with Gasteiger partial charge in [-0.3, -0.25) is 4.79 Å². The molecular formula is C39H68O2. The monoisotopic (exact) mass is 570 g/mol. The van der Waals surface area contributed by atoms with Gasteiger partial charge in [-0.1, -0.05) is 124 Å². The highest BCUT2D eigenvalue weighted by molar-refractivity contribution is 5.69. The van der Waals surface area contributed by atoms with Gasteiger partial charge in [-0.15, -0.1) is 0 Å². The van der Waals surface area contributed by atoms with E-state index in [4.69, 9.17) is 4.74 Å². The number of ether oxygens (including phenoxy) is 1. The fourth-order valence-electron chi connectivity index (χ4n) is 10.6. The topological polar surface area (TPSA) is 26.3 Å². The van der Waals surface area contributed by atoms with Crippen molar-refractivity contribution in [3.05, 3.63) is 11.6 Å². The number of carbonyl (C=O) groups is 1. The zero-order valence-electron chi connectivity index (χ0n) is 28.3. The van der Waals surface area contributed by atoms with Crippen LogP contribution in [-0.4, -0.2) is 12.1 Å². The second-order valence-corrected chi connectivity index (χ2v) is 16.2. The van der Waals surface area contributed by atoms with Crippen molar-refractivity contribution in [1.82, 2.24) is 0 Å². The van der Waals surface area contributed by atoms with Crippen LogP contribution in [0, 0.1) is 46.3 Å². The van der Waals surface area contributed by atoms with Crippen LogP contribution in [0.25, 0.3) is 0 Å². The molecule has 0 aliphatic heterocycles. The molecule has 0 heterocycles. The van der Waals surface area contributed by atoms with Gasteiger partial charge in [0, 0.05) is 12.8 Å². The molecule has 0 saturated heterocycles. The third-order valence-corrected chi connectivity index (χ3v) is 13.0. The molecule has 4 aliphatic rings. The summed E-state index contributed by atoms with van der Waals surface area (Å²) >= 11 is 0. The van der Waals surface area contributed by atoms with E-state index < -0.39 is 0 Å². The van der Waals surface area contributed by atoms with Gasteiger partial charge in [-0.25, -0.2) is 0 Å². The maximum Gasteiger partial charge on any atom is 0.306 e. The quantitative estimate of drug-likeness (QED) is 0.0799. The molecule has 0 aromatic heterocycles. The molecule has 236 valence electrons. The highest BCUT2D eigenvalue weighted by Gasteiger charge is 2.59. The lowest BCUT2D eigenvalue weighted by Gasteiger charge is -2.58. The van der Waals surface area contributed by atoms with E-state index in [1.807, 2.05) is 0 Å². The first-order chi connectivity index (χ1) is 19.7. The molecule has 0 aromatic rings. The number of allylic oxidation sites excluding steroid dienone is 1. The van der Waals surface area contributed by atoms with Crippen LogP contribution < -0.4 is 0 Å². The van der Waals surface area contributed by atoms with Crippen molar-refractivity contribution in [2.45, 2.75) is 182 Å². The lowest BCUT2D eigenvalue weighted by Crippen LogP contribution is -2.51. The summed E-state index contributed by atoms with van der Waals surface area (Å²) in [6, 6.07) is 0. The lowest BCUT2D eigenvalue weighted by molar-refractivity contribution is -0.151. The van der Waals surface area contributed by atoms with Gasteiger partial charge < -0.3 is 4.74 Å². The van der Waals surface area contributed by atoms with Crippen LogP contribution in [0.5, 0.6) is 0 Å². The third kappa shape index (κ3) is 8.03. The largest absolute Gasteiger partial charge is 0.462 e. The molecule has 4 aliphatic carbocycles. The molecule has 0 spiro atoms. The molecule has 0 unspecified atom stereocenters. The van der Waals surface area contributed by atoms with Gasteiger partial charge in [0.2, 0.25) is 0 Å². The molecule has 3 saturated carbocycles. The number of fused-ring (bicyclic) bond motifs is 5. The van der Waals surface area contributed by atoms with Crippen LogP contribution in [0.4, 0.5) is 0 Å². The molecule has 8 atom stereocenters. The van der Waals surface area contributed by atoms with Crippen molar-refractivity contribution in [3.63, 3.8) is 0 Å². The number of carbonyl (C=O) groups excluding carboxylic acids is 1. The summed E-state index contributed by atoms with van der Waals surface area (Å²) < 4.78 is 6.09. The van der Waals surface area contributed by atoms with E-state index in [2.05, 4.69) is 47.6 Å². The van der Waals surface area contributed by atoms with E-state index in [0.29, 0.717) is 17.3 Å². The lowest BCUT2D eigenvalue weighted by atomic mass is 9.48. The van der Waals surface area contributed by atoms with E-state index in [9.17, 15) is 4.79 Å². The molecule has 2 nitrogen and oxygen atoms in total. The Morgan fingerprint density at radius 3 is 2.27 bits per heavy atom. The number of hydrogen-bond acceptors (Lipinski definition) is 2. The smallest absolute Gasteiger partial charge is 0.306 e. The van der Waals surface area contributed by atoms with Crippen molar-refractivity contribution < 1.29 is 9.53 Å². The first-order valence-corrected chi connectivity index (χ1v) is 18.6. The summed E-state index contributed by atoms with van der Waals surface area (Å²) in [7, 11) is 0. The third-order valence-electron chi connectivity index (χ3n) is 13.0. The average molecular weight is 570 g/mol. The van der Waals surface area contributed by atoms with Gasteiger partial charge in [0.25, 0.3) is 0 Å². The van der Waals surface area contributed by atoms with Gasteiger partial charge in [0.1, 0.15) is 6.10 Å². The summed E-state index contributed by atoms with van der Waals surface area (Å²) in [6.07, 6.45) is 29.6. The Bertz CT molecular complexity index is 843. The fraction of sp³-hybridized carbons (Fsp3) is 0.923. The van der Waals surface area contributed by atoms with Gasteiger partial charge >= 0.3 is 5.97 Å². The number of rotatable bonds is 16. The molecular weight excluding hydrogens is 501 g/mol. The SMILES string of the molecule is CCCCCCCCCCCC(=O)O[C@H]1CC[C@@]2(C)C(=CC[C@H]3[C@@H]4CC[C@H]([C@H](C)CCCC(C)C)[C@@]4(C)CC[C@@H]32)[13CH2]1. The Balaban J connectivity index is 1.24. The van der Waals surface area contributed by atoms with Crippen molar-refractivity contribution in [2.75, 3.05) is 0 Å². The van der Waals surface area contributed by atoms with Crippen LogP contribution >= 0.6 is 0 Å². The van der Waals surface area contributed by atoms with E-state index in [-0.39, 0.29) is 12.1 Å². The van der Waals surface area contributed by atoms with Crippen molar-refractivity contribution in [1.29, 1.82) is 0 Å². The second kappa shape index (κ2) is 15.3. The Hall–Kier alpha value is -0.790. The van der Waals surface area contributed by atoms with Crippen molar-refractivity contribution in [2.24, 2.45) is 46.3 Å². The van der Waals surface area contributed by atoms with Crippen molar-refractivity contribution >= 4 is 5.97 Å². The van der Waals surface area contributed by atoms with Crippen LogP contribution in [0.3, 0.4) is 0 Å². The molecule has 3 fully saturated rings. The highest BCUT2D eigenvalue weighted by atomic mass is 16.5. The van der Waals surface area contributed by atoms with Gasteiger partial charge in [0.15, 0.2) is 0 Å². The van der Waals surface area contributed by atoms with Crippen LogP contribution in [0.2, 0.25) is 0 Å². The van der Waals surface area contributed by atoms with Gasteiger partial charge in [-0.05, 0) is 97.7 Å². The molecule has 0 bridgehead atoms. The molecule has 4 rings (SSSR count). The van der Waals surface area contributed by atoms with E-state index in [0.717, 1.165) is 54.8 Å². The van der Waals surface area contributed by atoms with E-state index in [1.54, 1.807) is 5.57 Å². The molecule has 41 heavy (non-hydrogen) atoms. The molecule has 0 aromatic carbocycles. The second-order valence-electron chi connectivity index (χ2n) is 16.2. The van der Waals surface area contributed by atoms with Crippen LogP contribution in [-0.2, 0) is 9.53 Å². The summed E-state index contributed by atoms with van der Waals surface area (Å²) in [5.41, 5.74) is 2.54. The predicted octanol–water partition coefficient (Wildman–Crippen LogP) is 11.9. The Morgan fingerprint density at radius 2 is 1.56 bits per heavy atom. The van der Waals surface area contributed by atoms with E-state index >= 15 is 0 Å².